The molecule has 5 heteroatoms. The Morgan fingerprint density at radius 1 is 1.41 bits per heavy atom. The molecule has 2 heterocycles. The Hall–Kier alpha value is -0.810. The third kappa shape index (κ3) is 3.85. The molecule has 17 heavy (non-hydrogen) atoms. The lowest BCUT2D eigenvalue weighted by Crippen LogP contribution is -2.51. The van der Waals surface area contributed by atoms with E-state index in [4.69, 9.17) is 4.74 Å². The number of nitrogens with zero attached hydrogens (tertiary/aromatic N) is 1. The van der Waals surface area contributed by atoms with Gasteiger partial charge in [0.05, 0.1) is 13.2 Å². The molecule has 0 spiro atoms. The Labute approximate surface area is 103 Å². The van der Waals surface area contributed by atoms with E-state index in [0.29, 0.717) is 38.4 Å². The van der Waals surface area contributed by atoms with Gasteiger partial charge in [-0.2, -0.15) is 0 Å². The fourth-order valence-electron chi connectivity index (χ4n) is 2.49. The Morgan fingerprint density at radius 3 is 2.88 bits per heavy atom. The normalized spacial score (nSPS) is 30.1. The monoisotopic (exact) mass is 241 g/mol. The number of nitrogens with one attached hydrogen (secondary N) is 2. The molecule has 2 aliphatic rings. The summed E-state index contributed by atoms with van der Waals surface area (Å²) in [5.74, 6) is 0. The Kier molecular flexibility index (Phi) is 4.62. The van der Waals surface area contributed by atoms with Gasteiger partial charge in [-0.1, -0.05) is 6.42 Å². The Bertz CT molecular complexity index is 254. The van der Waals surface area contributed by atoms with Crippen molar-refractivity contribution in [2.45, 2.75) is 38.3 Å². The largest absolute Gasteiger partial charge is 0.378 e. The van der Waals surface area contributed by atoms with Crippen LogP contribution in [0.2, 0.25) is 0 Å². The first-order valence-electron chi connectivity index (χ1n) is 6.62. The van der Waals surface area contributed by atoms with E-state index in [1.165, 1.54) is 12.8 Å². The number of piperidine rings is 1. The van der Waals surface area contributed by atoms with E-state index in [1.54, 1.807) is 0 Å². The average molecular weight is 241 g/mol. The molecule has 2 aliphatic heterocycles. The zero-order chi connectivity index (χ0) is 12.1. The van der Waals surface area contributed by atoms with Crippen LogP contribution < -0.4 is 10.6 Å². The van der Waals surface area contributed by atoms with E-state index in [2.05, 4.69) is 17.6 Å². The second-order valence-corrected chi connectivity index (χ2v) is 4.98. The van der Waals surface area contributed by atoms with Crippen molar-refractivity contribution in [1.82, 2.24) is 15.5 Å². The summed E-state index contributed by atoms with van der Waals surface area (Å²) in [7, 11) is 0. The maximum absolute atomic E-state index is 11.9. The van der Waals surface area contributed by atoms with Gasteiger partial charge in [0.25, 0.3) is 0 Å². The predicted octanol–water partition coefficient (Wildman–Crippen LogP) is 0.559. The van der Waals surface area contributed by atoms with Crippen LogP contribution in [0.4, 0.5) is 4.79 Å². The van der Waals surface area contributed by atoms with Crippen molar-refractivity contribution in [2.24, 2.45) is 0 Å². The summed E-state index contributed by atoms with van der Waals surface area (Å²) in [6.45, 7) is 5.68. The van der Waals surface area contributed by atoms with Gasteiger partial charge in [0.1, 0.15) is 0 Å². The number of rotatable bonds is 2. The molecule has 2 fully saturated rings. The molecule has 0 aromatic carbocycles. The molecule has 0 bridgehead atoms. The van der Waals surface area contributed by atoms with E-state index < -0.39 is 0 Å². The number of urea groups is 1. The molecule has 2 amide bonds. The molecule has 2 saturated heterocycles. The molecule has 2 unspecified atom stereocenters. The van der Waals surface area contributed by atoms with Crippen LogP contribution in [0.3, 0.4) is 0 Å². The molecular weight excluding hydrogens is 218 g/mol. The van der Waals surface area contributed by atoms with Crippen LogP contribution in [-0.4, -0.2) is 55.9 Å². The molecule has 5 nitrogen and oxygen atoms in total. The zero-order valence-electron chi connectivity index (χ0n) is 10.6. The molecule has 0 aromatic heterocycles. The molecule has 2 atom stereocenters. The summed E-state index contributed by atoms with van der Waals surface area (Å²) in [6, 6.07) is 1.06. The van der Waals surface area contributed by atoms with E-state index in [1.807, 2.05) is 4.90 Å². The van der Waals surface area contributed by atoms with Crippen molar-refractivity contribution in [3.8, 4) is 0 Å². The lowest BCUT2D eigenvalue weighted by molar-refractivity contribution is 0.0530. The van der Waals surface area contributed by atoms with E-state index in [-0.39, 0.29) is 6.03 Å². The Morgan fingerprint density at radius 2 is 2.18 bits per heavy atom. The van der Waals surface area contributed by atoms with Gasteiger partial charge in [0.15, 0.2) is 0 Å². The van der Waals surface area contributed by atoms with E-state index >= 15 is 0 Å². The number of hydrogen-bond acceptors (Lipinski definition) is 3. The first-order chi connectivity index (χ1) is 8.25. The van der Waals surface area contributed by atoms with Crippen molar-refractivity contribution in [1.29, 1.82) is 0 Å². The molecule has 0 saturated carbocycles. The number of carbonyl (C=O) groups excluding carboxylic acids is 1. The van der Waals surface area contributed by atoms with E-state index in [9.17, 15) is 4.79 Å². The standard InChI is InChI=1S/C12H23N3O2/c1-10-3-2-4-11(14-10)9-13-12(16)15-5-7-17-8-6-15/h10-11,14H,2-9H2,1H3,(H,13,16). The highest BCUT2D eigenvalue weighted by atomic mass is 16.5. The van der Waals surface area contributed by atoms with Gasteiger partial charge in [0, 0.05) is 31.7 Å². The van der Waals surface area contributed by atoms with Crippen molar-refractivity contribution in [3.63, 3.8) is 0 Å². The number of ether oxygens (including phenoxy) is 1. The molecule has 2 rings (SSSR count). The predicted molar refractivity (Wildman–Crippen MR) is 66.0 cm³/mol. The van der Waals surface area contributed by atoms with Gasteiger partial charge in [-0.3, -0.25) is 0 Å². The number of morpholine rings is 1. The van der Waals surface area contributed by atoms with Crippen molar-refractivity contribution >= 4 is 6.03 Å². The third-order valence-electron chi connectivity index (χ3n) is 3.51. The van der Waals surface area contributed by atoms with Crippen molar-refractivity contribution in [2.75, 3.05) is 32.8 Å². The number of carbonyl (C=O) groups is 1. The molecule has 2 N–H and O–H groups in total. The van der Waals surface area contributed by atoms with Crippen molar-refractivity contribution < 1.29 is 9.53 Å². The molecular formula is C12H23N3O2. The second-order valence-electron chi connectivity index (χ2n) is 4.98. The van der Waals surface area contributed by atoms with Gasteiger partial charge in [-0.15, -0.1) is 0 Å². The fraction of sp³-hybridized carbons (Fsp3) is 0.917. The number of amides is 2. The summed E-state index contributed by atoms with van der Waals surface area (Å²) < 4.78 is 5.22. The van der Waals surface area contributed by atoms with Crippen LogP contribution in [0, 0.1) is 0 Å². The second kappa shape index (κ2) is 6.21. The first kappa shape index (κ1) is 12.6. The quantitative estimate of drug-likeness (QED) is 0.742. The maximum Gasteiger partial charge on any atom is 0.317 e. The van der Waals surface area contributed by atoms with Crippen LogP contribution >= 0.6 is 0 Å². The lowest BCUT2D eigenvalue weighted by Gasteiger charge is -2.31. The van der Waals surface area contributed by atoms with Gasteiger partial charge in [-0.05, 0) is 19.8 Å². The maximum atomic E-state index is 11.9. The topological polar surface area (TPSA) is 53.6 Å². The fourth-order valence-corrected chi connectivity index (χ4v) is 2.49. The minimum Gasteiger partial charge on any atom is -0.378 e. The van der Waals surface area contributed by atoms with Crippen LogP contribution in [-0.2, 0) is 4.74 Å². The number of hydrogen-bond donors (Lipinski definition) is 2. The summed E-state index contributed by atoms with van der Waals surface area (Å²) >= 11 is 0. The Balaban J connectivity index is 1.68. The zero-order valence-corrected chi connectivity index (χ0v) is 10.6. The minimum atomic E-state index is 0.0494. The highest BCUT2D eigenvalue weighted by Crippen LogP contribution is 2.11. The lowest BCUT2D eigenvalue weighted by atomic mass is 10.00. The van der Waals surface area contributed by atoms with Gasteiger partial charge in [-0.25, -0.2) is 4.79 Å². The highest BCUT2D eigenvalue weighted by molar-refractivity contribution is 5.74. The molecule has 0 radical (unpaired) electrons. The van der Waals surface area contributed by atoms with Crippen LogP contribution in [0.15, 0.2) is 0 Å². The van der Waals surface area contributed by atoms with Crippen LogP contribution in [0.1, 0.15) is 26.2 Å². The summed E-state index contributed by atoms with van der Waals surface area (Å²) in [4.78, 5) is 13.7. The van der Waals surface area contributed by atoms with E-state index in [0.717, 1.165) is 13.0 Å². The van der Waals surface area contributed by atoms with Gasteiger partial charge in [0.2, 0.25) is 0 Å². The highest BCUT2D eigenvalue weighted by Gasteiger charge is 2.20. The molecule has 0 aliphatic carbocycles. The van der Waals surface area contributed by atoms with Crippen LogP contribution in [0.25, 0.3) is 0 Å². The first-order valence-corrected chi connectivity index (χ1v) is 6.62. The molecule has 0 aromatic rings. The van der Waals surface area contributed by atoms with Gasteiger partial charge < -0.3 is 20.3 Å². The third-order valence-corrected chi connectivity index (χ3v) is 3.51. The smallest absolute Gasteiger partial charge is 0.317 e. The SMILES string of the molecule is CC1CCCC(CNC(=O)N2CCOCC2)N1. The summed E-state index contributed by atoms with van der Waals surface area (Å²) in [5, 5.41) is 6.53. The molecule has 98 valence electrons. The minimum absolute atomic E-state index is 0.0494. The van der Waals surface area contributed by atoms with Crippen LogP contribution in [0.5, 0.6) is 0 Å². The summed E-state index contributed by atoms with van der Waals surface area (Å²) in [5.41, 5.74) is 0. The average Bonchev–Trinajstić information content (AvgIpc) is 2.37. The van der Waals surface area contributed by atoms with Crippen molar-refractivity contribution in [3.05, 3.63) is 0 Å². The summed E-state index contributed by atoms with van der Waals surface area (Å²) in [6.07, 6.45) is 3.66. The van der Waals surface area contributed by atoms with Gasteiger partial charge >= 0.3 is 6.03 Å².